The highest BCUT2D eigenvalue weighted by atomic mass is 16.2. The molecule has 0 unspecified atom stereocenters. The third kappa shape index (κ3) is 3.79. The Balaban J connectivity index is 1.39. The van der Waals surface area contributed by atoms with Gasteiger partial charge in [-0.2, -0.15) is 0 Å². The molecule has 0 bridgehead atoms. The maximum atomic E-state index is 12.6. The molecule has 6 nitrogen and oxygen atoms in total. The highest BCUT2D eigenvalue weighted by molar-refractivity contribution is 5.94. The van der Waals surface area contributed by atoms with E-state index in [4.69, 9.17) is 0 Å². The predicted octanol–water partition coefficient (Wildman–Crippen LogP) is 2.81. The molecule has 1 saturated heterocycles. The minimum absolute atomic E-state index is 0.0904. The van der Waals surface area contributed by atoms with Gasteiger partial charge in [0.05, 0.1) is 5.69 Å². The molecule has 0 atom stereocenters. The minimum Gasteiger partial charge on any atom is -0.352 e. The second kappa shape index (κ2) is 7.53. The number of pyridine rings is 1. The summed E-state index contributed by atoms with van der Waals surface area (Å²) in [6.07, 6.45) is 3.52. The third-order valence-corrected chi connectivity index (χ3v) is 4.80. The van der Waals surface area contributed by atoms with Crippen LogP contribution in [0.2, 0.25) is 0 Å². The molecule has 1 fully saturated rings. The number of aryl methyl sites for hydroxylation is 1. The van der Waals surface area contributed by atoms with Gasteiger partial charge in [-0.05, 0) is 43.3 Å². The van der Waals surface area contributed by atoms with Crippen molar-refractivity contribution in [3.8, 4) is 11.3 Å². The summed E-state index contributed by atoms with van der Waals surface area (Å²) >= 11 is 0. The van der Waals surface area contributed by atoms with E-state index in [1.54, 1.807) is 12.4 Å². The van der Waals surface area contributed by atoms with E-state index in [1.165, 1.54) is 0 Å². The van der Waals surface area contributed by atoms with Crippen LogP contribution in [0, 0.1) is 6.92 Å². The Morgan fingerprint density at radius 1 is 0.926 bits per heavy atom. The Kier molecular flexibility index (Phi) is 4.78. The van der Waals surface area contributed by atoms with Crippen molar-refractivity contribution in [2.45, 2.75) is 6.92 Å². The van der Waals surface area contributed by atoms with Crippen LogP contribution < -0.4 is 4.90 Å². The molecule has 0 radical (unpaired) electrons. The number of carbonyl (C=O) groups excluding carboxylic acids is 1. The predicted molar refractivity (Wildman–Crippen MR) is 105 cm³/mol. The van der Waals surface area contributed by atoms with Gasteiger partial charge in [0.1, 0.15) is 0 Å². The van der Waals surface area contributed by atoms with Gasteiger partial charge in [-0.3, -0.25) is 9.78 Å². The van der Waals surface area contributed by atoms with E-state index in [0.29, 0.717) is 13.1 Å². The van der Waals surface area contributed by atoms with Crippen LogP contribution in [-0.2, 0) is 0 Å². The van der Waals surface area contributed by atoms with Gasteiger partial charge >= 0.3 is 0 Å². The zero-order chi connectivity index (χ0) is 18.6. The van der Waals surface area contributed by atoms with Crippen molar-refractivity contribution in [3.05, 3.63) is 72.1 Å². The van der Waals surface area contributed by atoms with Crippen LogP contribution in [-0.4, -0.2) is 52.2 Å². The molecule has 3 heterocycles. The van der Waals surface area contributed by atoms with Crippen LogP contribution in [0.1, 0.15) is 15.9 Å². The molecular weight excluding hydrogens is 338 g/mol. The quantitative estimate of drug-likeness (QED) is 0.720. The SMILES string of the molecule is Cc1ccc(C(=O)N2CCN(c3ccc(-c4cccnc4)nn3)CC2)cc1. The number of nitrogens with zero attached hydrogens (tertiary/aromatic N) is 5. The summed E-state index contributed by atoms with van der Waals surface area (Å²) in [4.78, 5) is 20.8. The van der Waals surface area contributed by atoms with Crippen LogP contribution in [0.3, 0.4) is 0 Å². The van der Waals surface area contributed by atoms with E-state index >= 15 is 0 Å². The Morgan fingerprint density at radius 2 is 1.70 bits per heavy atom. The van der Waals surface area contributed by atoms with Crippen molar-refractivity contribution < 1.29 is 4.79 Å². The highest BCUT2D eigenvalue weighted by Gasteiger charge is 2.23. The maximum Gasteiger partial charge on any atom is 0.253 e. The van der Waals surface area contributed by atoms with E-state index in [-0.39, 0.29) is 5.91 Å². The Hall–Kier alpha value is -3.28. The molecular formula is C21H21N5O. The number of rotatable bonds is 3. The Morgan fingerprint density at radius 3 is 2.33 bits per heavy atom. The smallest absolute Gasteiger partial charge is 0.253 e. The number of carbonyl (C=O) groups is 1. The lowest BCUT2D eigenvalue weighted by Gasteiger charge is -2.35. The van der Waals surface area contributed by atoms with E-state index in [0.717, 1.165) is 41.3 Å². The standard InChI is InChI=1S/C21H21N5O/c1-16-4-6-17(7-5-16)21(27)26-13-11-25(12-14-26)20-9-8-19(23-24-20)18-3-2-10-22-15-18/h2-10,15H,11-14H2,1H3. The zero-order valence-corrected chi connectivity index (χ0v) is 15.2. The molecule has 1 amide bonds. The molecule has 0 saturated carbocycles. The fourth-order valence-corrected chi connectivity index (χ4v) is 3.18. The van der Waals surface area contributed by atoms with E-state index in [1.807, 2.05) is 60.4 Å². The van der Waals surface area contributed by atoms with Crippen molar-refractivity contribution in [3.63, 3.8) is 0 Å². The minimum atomic E-state index is 0.0904. The van der Waals surface area contributed by atoms with Gasteiger partial charge in [0.25, 0.3) is 5.91 Å². The Labute approximate surface area is 158 Å². The van der Waals surface area contributed by atoms with Crippen molar-refractivity contribution in [2.24, 2.45) is 0 Å². The maximum absolute atomic E-state index is 12.6. The van der Waals surface area contributed by atoms with Gasteiger partial charge in [-0.25, -0.2) is 0 Å². The van der Waals surface area contributed by atoms with E-state index in [2.05, 4.69) is 20.1 Å². The average Bonchev–Trinajstić information content (AvgIpc) is 2.75. The van der Waals surface area contributed by atoms with Crippen LogP contribution in [0.15, 0.2) is 60.9 Å². The number of hydrogen-bond donors (Lipinski definition) is 0. The molecule has 136 valence electrons. The van der Waals surface area contributed by atoms with Gasteiger partial charge in [-0.15, -0.1) is 10.2 Å². The van der Waals surface area contributed by atoms with Gasteiger partial charge in [0, 0.05) is 49.7 Å². The monoisotopic (exact) mass is 359 g/mol. The molecule has 0 spiro atoms. The van der Waals surface area contributed by atoms with E-state index < -0.39 is 0 Å². The molecule has 1 aliphatic rings. The number of anilines is 1. The first kappa shape index (κ1) is 17.1. The third-order valence-electron chi connectivity index (χ3n) is 4.80. The van der Waals surface area contributed by atoms with Crippen molar-refractivity contribution in [1.29, 1.82) is 0 Å². The molecule has 0 aliphatic carbocycles. The van der Waals surface area contributed by atoms with Gasteiger partial charge in [0.15, 0.2) is 5.82 Å². The fourth-order valence-electron chi connectivity index (χ4n) is 3.18. The molecule has 4 rings (SSSR count). The summed E-state index contributed by atoms with van der Waals surface area (Å²) in [5.74, 6) is 0.928. The lowest BCUT2D eigenvalue weighted by Crippen LogP contribution is -2.49. The number of piperazine rings is 1. The summed E-state index contributed by atoms with van der Waals surface area (Å²) in [5, 5.41) is 8.68. The van der Waals surface area contributed by atoms with Gasteiger partial charge < -0.3 is 9.80 Å². The summed E-state index contributed by atoms with van der Waals surface area (Å²) in [6.45, 7) is 4.88. The largest absolute Gasteiger partial charge is 0.352 e. The van der Waals surface area contributed by atoms with E-state index in [9.17, 15) is 4.79 Å². The Bertz CT molecular complexity index is 902. The topological polar surface area (TPSA) is 62.2 Å². The fraction of sp³-hybridized carbons (Fsp3) is 0.238. The van der Waals surface area contributed by atoms with Crippen LogP contribution in [0.4, 0.5) is 5.82 Å². The molecule has 2 aromatic heterocycles. The van der Waals surface area contributed by atoms with Gasteiger partial charge in [-0.1, -0.05) is 17.7 Å². The first-order valence-corrected chi connectivity index (χ1v) is 9.06. The summed E-state index contributed by atoms with van der Waals surface area (Å²) < 4.78 is 0. The highest BCUT2D eigenvalue weighted by Crippen LogP contribution is 2.19. The average molecular weight is 359 g/mol. The molecule has 1 aliphatic heterocycles. The van der Waals surface area contributed by atoms with Crippen molar-refractivity contribution in [2.75, 3.05) is 31.1 Å². The zero-order valence-electron chi connectivity index (χ0n) is 15.2. The lowest BCUT2D eigenvalue weighted by atomic mass is 10.1. The second-order valence-electron chi connectivity index (χ2n) is 6.66. The molecule has 1 aromatic carbocycles. The molecule has 3 aromatic rings. The summed E-state index contributed by atoms with van der Waals surface area (Å²) in [6, 6.07) is 15.5. The van der Waals surface area contributed by atoms with Crippen molar-refractivity contribution >= 4 is 11.7 Å². The lowest BCUT2D eigenvalue weighted by molar-refractivity contribution is 0.0746. The molecule has 0 N–H and O–H groups in total. The number of hydrogen-bond acceptors (Lipinski definition) is 5. The second-order valence-corrected chi connectivity index (χ2v) is 6.66. The number of benzene rings is 1. The van der Waals surface area contributed by atoms with Crippen LogP contribution in [0.25, 0.3) is 11.3 Å². The van der Waals surface area contributed by atoms with Crippen molar-refractivity contribution in [1.82, 2.24) is 20.1 Å². The summed E-state index contributed by atoms with van der Waals surface area (Å²) in [5.41, 5.74) is 3.66. The van der Waals surface area contributed by atoms with Gasteiger partial charge in [0.2, 0.25) is 0 Å². The van der Waals surface area contributed by atoms with Crippen LogP contribution >= 0.6 is 0 Å². The molecule has 6 heteroatoms. The first-order chi connectivity index (χ1) is 13.2. The molecule has 27 heavy (non-hydrogen) atoms. The van der Waals surface area contributed by atoms with Crippen LogP contribution in [0.5, 0.6) is 0 Å². The normalized spacial score (nSPS) is 14.3. The number of aromatic nitrogens is 3. The first-order valence-electron chi connectivity index (χ1n) is 9.06. The summed E-state index contributed by atoms with van der Waals surface area (Å²) in [7, 11) is 0. The number of amides is 1.